The van der Waals surface area contributed by atoms with Crippen molar-refractivity contribution in [3.05, 3.63) is 94.8 Å². The summed E-state index contributed by atoms with van der Waals surface area (Å²) in [6.45, 7) is 0.765. The molecule has 1 N–H and O–H groups in total. The van der Waals surface area contributed by atoms with Crippen LogP contribution in [0.4, 0.5) is 0 Å². The number of nitrogens with zero attached hydrogens (tertiary/aromatic N) is 2. The molecule has 2 heterocycles. The van der Waals surface area contributed by atoms with Crippen LogP contribution < -0.4 is 10.1 Å². The van der Waals surface area contributed by atoms with E-state index in [2.05, 4.69) is 10.3 Å². The van der Waals surface area contributed by atoms with E-state index in [-0.39, 0.29) is 23.8 Å². The average Bonchev–Trinajstić information content (AvgIpc) is 3.16. The van der Waals surface area contributed by atoms with Gasteiger partial charge in [-0.3, -0.25) is 24.3 Å². The molecular weight excluding hydrogens is 442 g/mol. The number of imide groups is 1. The molecule has 2 aliphatic rings. The van der Waals surface area contributed by atoms with Crippen LogP contribution in [0.1, 0.15) is 74.3 Å². The van der Waals surface area contributed by atoms with Crippen LogP contribution in [0.2, 0.25) is 0 Å². The molecule has 7 heteroatoms. The molecular formula is C28H27N3O4. The maximum Gasteiger partial charge on any atom is 0.261 e. The lowest BCUT2D eigenvalue weighted by Gasteiger charge is -2.29. The van der Waals surface area contributed by atoms with E-state index in [1.807, 2.05) is 36.4 Å². The number of benzene rings is 2. The fourth-order valence-corrected chi connectivity index (χ4v) is 4.71. The summed E-state index contributed by atoms with van der Waals surface area (Å²) in [5.41, 5.74) is 2.98. The van der Waals surface area contributed by atoms with Gasteiger partial charge < -0.3 is 10.1 Å². The number of aromatic nitrogens is 1. The zero-order chi connectivity index (χ0) is 24.2. The van der Waals surface area contributed by atoms with E-state index in [0.717, 1.165) is 49.0 Å². The molecule has 0 spiro atoms. The molecule has 1 aliphatic heterocycles. The first-order valence-electron chi connectivity index (χ1n) is 12.0. The number of carbonyl (C=O) groups excluding carboxylic acids is 3. The Balaban J connectivity index is 1.19. The summed E-state index contributed by atoms with van der Waals surface area (Å²) in [6, 6.07) is 16.0. The van der Waals surface area contributed by atoms with E-state index < -0.39 is 0 Å². The van der Waals surface area contributed by atoms with Crippen molar-refractivity contribution in [2.75, 3.05) is 0 Å². The number of pyridine rings is 1. The summed E-state index contributed by atoms with van der Waals surface area (Å²) in [5.74, 6) is -0.0857. The molecule has 5 rings (SSSR count). The summed E-state index contributed by atoms with van der Waals surface area (Å²) < 4.78 is 5.76. The zero-order valence-corrected chi connectivity index (χ0v) is 19.4. The van der Waals surface area contributed by atoms with Crippen LogP contribution in [0, 0.1) is 0 Å². The van der Waals surface area contributed by atoms with Gasteiger partial charge in [0, 0.05) is 36.1 Å². The Bertz CT molecular complexity index is 1230. The summed E-state index contributed by atoms with van der Waals surface area (Å²) >= 11 is 0. The minimum absolute atomic E-state index is 0.0373. The summed E-state index contributed by atoms with van der Waals surface area (Å²) in [7, 11) is 0. The molecule has 7 nitrogen and oxygen atoms in total. The summed E-state index contributed by atoms with van der Waals surface area (Å²) in [6.07, 6.45) is 8.40. The Morgan fingerprint density at radius 1 is 0.943 bits per heavy atom. The minimum atomic E-state index is -0.291. The van der Waals surface area contributed by atoms with Gasteiger partial charge in [-0.1, -0.05) is 37.5 Å². The number of rotatable bonds is 7. The first kappa shape index (κ1) is 22.8. The second kappa shape index (κ2) is 10.1. The van der Waals surface area contributed by atoms with Crippen molar-refractivity contribution < 1.29 is 19.1 Å². The normalized spacial score (nSPS) is 15.7. The molecule has 35 heavy (non-hydrogen) atoms. The minimum Gasteiger partial charge on any atom is -0.489 e. The van der Waals surface area contributed by atoms with Gasteiger partial charge in [-0.15, -0.1) is 0 Å². The highest BCUT2D eigenvalue weighted by atomic mass is 16.5. The number of ether oxygens (including phenoxy) is 1. The fourth-order valence-electron chi connectivity index (χ4n) is 4.71. The SMILES string of the molecule is O=C(NCc1ccc(OCc2cccnc2)cc1)c1ccc2c(c1)C(=O)N(C1CCCCC1)C2=O. The molecule has 0 atom stereocenters. The van der Waals surface area contributed by atoms with Crippen LogP contribution >= 0.6 is 0 Å². The van der Waals surface area contributed by atoms with Crippen molar-refractivity contribution in [3.63, 3.8) is 0 Å². The van der Waals surface area contributed by atoms with E-state index in [1.54, 1.807) is 30.6 Å². The van der Waals surface area contributed by atoms with Crippen LogP contribution in [0.3, 0.4) is 0 Å². The fraction of sp³-hybridized carbons (Fsp3) is 0.286. The number of hydrogen-bond acceptors (Lipinski definition) is 5. The van der Waals surface area contributed by atoms with Crippen molar-refractivity contribution in [1.82, 2.24) is 15.2 Å². The largest absolute Gasteiger partial charge is 0.489 e. The molecule has 178 valence electrons. The van der Waals surface area contributed by atoms with Gasteiger partial charge in [0.2, 0.25) is 0 Å². The van der Waals surface area contributed by atoms with Crippen LogP contribution in [0.25, 0.3) is 0 Å². The molecule has 0 unspecified atom stereocenters. The lowest BCUT2D eigenvalue weighted by atomic mass is 9.94. The van der Waals surface area contributed by atoms with Crippen molar-refractivity contribution in [2.45, 2.75) is 51.3 Å². The van der Waals surface area contributed by atoms with Gasteiger partial charge in [0.05, 0.1) is 11.1 Å². The summed E-state index contributed by atoms with van der Waals surface area (Å²) in [5, 5.41) is 2.89. The Labute approximate surface area is 204 Å². The van der Waals surface area contributed by atoms with E-state index in [4.69, 9.17) is 4.74 Å². The van der Waals surface area contributed by atoms with Crippen molar-refractivity contribution in [3.8, 4) is 5.75 Å². The lowest BCUT2D eigenvalue weighted by Crippen LogP contribution is -2.40. The molecule has 1 fully saturated rings. The second-order valence-electron chi connectivity index (χ2n) is 9.01. The predicted molar refractivity (Wildman–Crippen MR) is 130 cm³/mol. The predicted octanol–water partition coefficient (Wildman–Crippen LogP) is 4.52. The third kappa shape index (κ3) is 4.94. The van der Waals surface area contributed by atoms with Gasteiger partial charge in [0.15, 0.2) is 0 Å². The molecule has 0 bridgehead atoms. The van der Waals surface area contributed by atoms with Gasteiger partial charge in [-0.05, 0) is 54.8 Å². The quantitative estimate of drug-likeness (QED) is 0.514. The van der Waals surface area contributed by atoms with Crippen LogP contribution in [0.5, 0.6) is 5.75 Å². The van der Waals surface area contributed by atoms with Crippen molar-refractivity contribution >= 4 is 17.7 Å². The highest BCUT2D eigenvalue weighted by Crippen LogP contribution is 2.31. The van der Waals surface area contributed by atoms with E-state index in [0.29, 0.717) is 29.8 Å². The highest BCUT2D eigenvalue weighted by Gasteiger charge is 2.40. The van der Waals surface area contributed by atoms with E-state index in [9.17, 15) is 14.4 Å². The molecule has 0 saturated heterocycles. The van der Waals surface area contributed by atoms with Gasteiger partial charge in [-0.25, -0.2) is 0 Å². The Morgan fingerprint density at radius 3 is 2.46 bits per heavy atom. The number of amides is 3. The molecule has 3 amide bonds. The Morgan fingerprint density at radius 2 is 1.71 bits per heavy atom. The Hall–Kier alpha value is -4.00. The second-order valence-corrected chi connectivity index (χ2v) is 9.01. The number of hydrogen-bond donors (Lipinski definition) is 1. The van der Waals surface area contributed by atoms with Crippen LogP contribution in [0.15, 0.2) is 67.0 Å². The van der Waals surface area contributed by atoms with Gasteiger partial charge in [-0.2, -0.15) is 0 Å². The van der Waals surface area contributed by atoms with Gasteiger partial charge in [0.1, 0.15) is 12.4 Å². The monoisotopic (exact) mass is 469 g/mol. The van der Waals surface area contributed by atoms with E-state index >= 15 is 0 Å². The first-order chi connectivity index (χ1) is 17.1. The lowest BCUT2D eigenvalue weighted by molar-refractivity contribution is 0.0548. The summed E-state index contributed by atoms with van der Waals surface area (Å²) in [4.78, 5) is 44.1. The molecule has 1 saturated carbocycles. The van der Waals surface area contributed by atoms with Crippen LogP contribution in [-0.2, 0) is 13.2 Å². The molecule has 1 aromatic heterocycles. The van der Waals surface area contributed by atoms with E-state index in [1.165, 1.54) is 4.90 Å². The third-order valence-electron chi connectivity index (χ3n) is 6.62. The highest BCUT2D eigenvalue weighted by molar-refractivity contribution is 6.22. The average molecular weight is 470 g/mol. The zero-order valence-electron chi connectivity index (χ0n) is 19.4. The maximum absolute atomic E-state index is 13.0. The molecule has 0 radical (unpaired) electrons. The molecule has 3 aromatic rings. The van der Waals surface area contributed by atoms with Gasteiger partial charge >= 0.3 is 0 Å². The molecule has 1 aliphatic carbocycles. The van der Waals surface area contributed by atoms with Crippen molar-refractivity contribution in [2.24, 2.45) is 0 Å². The number of nitrogens with one attached hydrogen (secondary N) is 1. The molecule has 2 aromatic carbocycles. The third-order valence-corrected chi connectivity index (χ3v) is 6.62. The Kier molecular flexibility index (Phi) is 6.57. The smallest absolute Gasteiger partial charge is 0.261 e. The first-order valence-corrected chi connectivity index (χ1v) is 12.0. The topological polar surface area (TPSA) is 88.6 Å². The number of carbonyl (C=O) groups is 3. The van der Waals surface area contributed by atoms with Crippen molar-refractivity contribution in [1.29, 1.82) is 0 Å². The number of fused-ring (bicyclic) bond motifs is 1. The van der Waals surface area contributed by atoms with Crippen LogP contribution in [-0.4, -0.2) is 33.6 Å². The maximum atomic E-state index is 13.0. The standard InChI is InChI=1S/C28H27N3O4/c32-26(30-17-19-8-11-23(12-9-19)35-18-20-5-4-14-29-16-20)21-10-13-24-25(15-21)28(34)31(27(24)33)22-6-2-1-3-7-22/h4-5,8-16,22H,1-3,6-7,17-18H2,(H,30,32). The van der Waals surface area contributed by atoms with Gasteiger partial charge in [0.25, 0.3) is 17.7 Å².